The largest absolute Gasteiger partial charge is 0.271 e. The van der Waals surface area contributed by atoms with Gasteiger partial charge in [0.05, 0.1) is 0 Å². The van der Waals surface area contributed by atoms with Crippen molar-refractivity contribution in [2.75, 3.05) is 0 Å². The predicted molar refractivity (Wildman–Crippen MR) is 59.0 cm³/mol. The Hall–Kier alpha value is -0.380. The quantitative estimate of drug-likeness (QED) is 0.632. The summed E-state index contributed by atoms with van der Waals surface area (Å²) in [4.78, 5) is 0. The molecule has 0 radical (unpaired) electrons. The fourth-order valence-electron chi connectivity index (χ4n) is 1.37. The molecule has 0 aromatic heterocycles. The molecule has 2 nitrogen and oxygen atoms in total. The number of rotatable bonds is 3. The molecule has 0 spiro atoms. The Labute approximate surface area is 87.6 Å². The van der Waals surface area contributed by atoms with E-state index in [-0.39, 0.29) is 6.04 Å². The average molecular weight is 243 g/mol. The summed E-state index contributed by atoms with van der Waals surface area (Å²) in [6, 6.07) is 8.33. The van der Waals surface area contributed by atoms with Gasteiger partial charge >= 0.3 is 0 Å². The van der Waals surface area contributed by atoms with Crippen LogP contribution >= 0.6 is 15.9 Å². The number of nitrogens with two attached hydrogens (primary N) is 1. The van der Waals surface area contributed by atoms with Gasteiger partial charge < -0.3 is 0 Å². The monoisotopic (exact) mass is 242 g/mol. The molecule has 1 rings (SSSR count). The van der Waals surface area contributed by atoms with E-state index in [1.807, 2.05) is 18.2 Å². The topological polar surface area (TPSA) is 38.0 Å². The summed E-state index contributed by atoms with van der Waals surface area (Å²) in [6.07, 6.45) is 0. The second-order valence-corrected chi connectivity index (χ2v) is 4.26. The van der Waals surface area contributed by atoms with Crippen LogP contribution in [-0.4, -0.2) is 0 Å². The average Bonchev–Trinajstić information content (AvgIpc) is 2.09. The minimum atomic E-state index is 0.204. The first-order valence-electron chi connectivity index (χ1n) is 4.37. The number of hydrazine groups is 1. The van der Waals surface area contributed by atoms with Crippen LogP contribution in [-0.2, 0) is 0 Å². The number of benzene rings is 1. The molecule has 72 valence electrons. The van der Waals surface area contributed by atoms with Crippen LogP contribution in [0.15, 0.2) is 28.7 Å². The van der Waals surface area contributed by atoms with Gasteiger partial charge in [0.1, 0.15) is 0 Å². The van der Waals surface area contributed by atoms with Crippen LogP contribution in [0.5, 0.6) is 0 Å². The summed E-state index contributed by atoms with van der Waals surface area (Å²) in [6.45, 7) is 4.29. The minimum Gasteiger partial charge on any atom is -0.271 e. The molecule has 0 fully saturated rings. The number of nitrogens with one attached hydrogen (secondary N) is 1. The first-order chi connectivity index (χ1) is 6.16. The van der Waals surface area contributed by atoms with E-state index >= 15 is 0 Å². The highest BCUT2D eigenvalue weighted by Gasteiger charge is 2.15. The fraction of sp³-hybridized carbons (Fsp3) is 0.400. The summed E-state index contributed by atoms with van der Waals surface area (Å²) in [5.41, 5.74) is 4.04. The Balaban J connectivity index is 2.97. The lowest BCUT2D eigenvalue weighted by Gasteiger charge is -2.21. The molecular weight excluding hydrogens is 228 g/mol. The molecule has 0 aliphatic heterocycles. The SMILES string of the molecule is CC(C)C(NN)c1ccccc1Br. The van der Waals surface area contributed by atoms with Crippen molar-refractivity contribution in [3.8, 4) is 0 Å². The minimum absolute atomic E-state index is 0.204. The van der Waals surface area contributed by atoms with Crippen molar-refractivity contribution in [1.82, 2.24) is 5.43 Å². The van der Waals surface area contributed by atoms with Crippen molar-refractivity contribution in [1.29, 1.82) is 0 Å². The third-order valence-electron chi connectivity index (χ3n) is 2.09. The van der Waals surface area contributed by atoms with Crippen LogP contribution in [0.4, 0.5) is 0 Å². The Bertz CT molecular complexity index is 273. The second-order valence-electron chi connectivity index (χ2n) is 3.41. The molecular formula is C10H15BrN2. The summed E-state index contributed by atoms with van der Waals surface area (Å²) >= 11 is 3.51. The molecule has 0 heterocycles. The summed E-state index contributed by atoms with van der Waals surface area (Å²) in [7, 11) is 0. The Morgan fingerprint density at radius 3 is 2.38 bits per heavy atom. The molecule has 1 unspecified atom stereocenters. The third-order valence-corrected chi connectivity index (χ3v) is 2.81. The molecule has 0 aliphatic carbocycles. The number of halogens is 1. The van der Waals surface area contributed by atoms with Crippen molar-refractivity contribution >= 4 is 15.9 Å². The summed E-state index contributed by atoms with van der Waals surface area (Å²) in [5, 5.41) is 0. The second kappa shape index (κ2) is 4.74. The van der Waals surface area contributed by atoms with Gasteiger partial charge in [-0.3, -0.25) is 11.3 Å². The maximum absolute atomic E-state index is 5.50. The van der Waals surface area contributed by atoms with Crippen LogP contribution < -0.4 is 11.3 Å². The van der Waals surface area contributed by atoms with Crippen LogP contribution in [0.2, 0.25) is 0 Å². The van der Waals surface area contributed by atoms with Gasteiger partial charge in [-0.15, -0.1) is 0 Å². The highest BCUT2D eigenvalue weighted by molar-refractivity contribution is 9.10. The fourth-order valence-corrected chi connectivity index (χ4v) is 1.90. The maximum Gasteiger partial charge on any atom is 0.0494 e. The molecule has 0 saturated carbocycles. The zero-order chi connectivity index (χ0) is 9.84. The lowest BCUT2D eigenvalue weighted by atomic mass is 9.97. The Kier molecular flexibility index (Phi) is 3.90. The van der Waals surface area contributed by atoms with E-state index in [0.29, 0.717) is 5.92 Å². The third kappa shape index (κ3) is 2.53. The zero-order valence-corrected chi connectivity index (χ0v) is 9.51. The molecule has 1 atom stereocenters. The molecule has 3 N–H and O–H groups in total. The highest BCUT2D eigenvalue weighted by Crippen LogP contribution is 2.27. The lowest BCUT2D eigenvalue weighted by molar-refractivity contribution is 0.420. The molecule has 3 heteroatoms. The highest BCUT2D eigenvalue weighted by atomic mass is 79.9. The standard InChI is InChI=1S/C10H15BrN2/c1-7(2)10(13-12)8-5-3-4-6-9(8)11/h3-7,10,13H,12H2,1-2H3. The molecule has 13 heavy (non-hydrogen) atoms. The van der Waals surface area contributed by atoms with Crippen LogP contribution in [0, 0.1) is 5.92 Å². The van der Waals surface area contributed by atoms with Gasteiger partial charge in [0, 0.05) is 10.5 Å². The molecule has 0 amide bonds. The van der Waals surface area contributed by atoms with Gasteiger partial charge in [0.2, 0.25) is 0 Å². The lowest BCUT2D eigenvalue weighted by Crippen LogP contribution is -2.31. The molecule has 0 aliphatic rings. The van der Waals surface area contributed by atoms with Crippen molar-refractivity contribution in [2.24, 2.45) is 11.8 Å². The molecule has 1 aromatic carbocycles. The van der Waals surface area contributed by atoms with Crippen molar-refractivity contribution in [2.45, 2.75) is 19.9 Å². The van der Waals surface area contributed by atoms with Crippen molar-refractivity contribution in [3.05, 3.63) is 34.3 Å². The van der Waals surface area contributed by atoms with Gasteiger partial charge in [-0.1, -0.05) is 48.0 Å². The van der Waals surface area contributed by atoms with E-state index < -0.39 is 0 Å². The smallest absolute Gasteiger partial charge is 0.0494 e. The van der Waals surface area contributed by atoms with E-state index in [1.54, 1.807) is 0 Å². The number of hydrogen-bond donors (Lipinski definition) is 2. The van der Waals surface area contributed by atoms with Gasteiger partial charge in [-0.2, -0.15) is 0 Å². The van der Waals surface area contributed by atoms with E-state index in [4.69, 9.17) is 5.84 Å². The maximum atomic E-state index is 5.50. The predicted octanol–water partition coefficient (Wildman–Crippen LogP) is 2.61. The van der Waals surface area contributed by atoms with Crippen molar-refractivity contribution in [3.63, 3.8) is 0 Å². The Morgan fingerprint density at radius 2 is 1.92 bits per heavy atom. The Morgan fingerprint density at radius 1 is 1.31 bits per heavy atom. The van der Waals surface area contributed by atoms with Crippen LogP contribution in [0.25, 0.3) is 0 Å². The van der Waals surface area contributed by atoms with E-state index in [1.165, 1.54) is 5.56 Å². The summed E-state index contributed by atoms with van der Waals surface area (Å²) < 4.78 is 1.10. The van der Waals surface area contributed by atoms with Crippen LogP contribution in [0.3, 0.4) is 0 Å². The molecule has 0 saturated heterocycles. The normalized spacial score (nSPS) is 13.3. The number of hydrogen-bond acceptors (Lipinski definition) is 2. The first kappa shape index (κ1) is 10.7. The van der Waals surface area contributed by atoms with Crippen molar-refractivity contribution < 1.29 is 0 Å². The molecule has 1 aromatic rings. The first-order valence-corrected chi connectivity index (χ1v) is 5.16. The van der Waals surface area contributed by atoms with Crippen LogP contribution in [0.1, 0.15) is 25.5 Å². The van der Waals surface area contributed by atoms with Gasteiger partial charge in [-0.25, -0.2) is 0 Å². The van der Waals surface area contributed by atoms with Gasteiger partial charge in [-0.05, 0) is 17.5 Å². The summed E-state index contributed by atoms with van der Waals surface area (Å²) in [5.74, 6) is 5.98. The van der Waals surface area contributed by atoms with Gasteiger partial charge in [0.15, 0.2) is 0 Å². The van der Waals surface area contributed by atoms with E-state index in [2.05, 4.69) is 41.3 Å². The van der Waals surface area contributed by atoms with Gasteiger partial charge in [0.25, 0.3) is 0 Å². The van der Waals surface area contributed by atoms with E-state index in [9.17, 15) is 0 Å². The zero-order valence-electron chi connectivity index (χ0n) is 7.92. The molecule has 0 bridgehead atoms. The van der Waals surface area contributed by atoms with E-state index in [0.717, 1.165) is 4.47 Å².